The Kier molecular flexibility index (Phi) is 7.61. The standard InChI is InChI=1S/C26H29ClN6O4S/c1-26(2,3)25(36)33-22(31(6)14-16-7-9-21(27)38-16)13-19(28-33)17-8-10-23(35)32(24(17)30(4)5)15-20(34)18-11-12-37-29-18/h7-13H,14-15H2,1-6H3. The van der Waals surface area contributed by atoms with Crippen LogP contribution < -0.4 is 15.4 Å². The molecule has 0 radical (unpaired) electrons. The van der Waals surface area contributed by atoms with Crippen molar-refractivity contribution in [3.63, 3.8) is 0 Å². The molecule has 0 amide bonds. The Hall–Kier alpha value is -3.70. The molecule has 0 N–H and O–H groups in total. The molecular weight excluding hydrogens is 528 g/mol. The van der Waals surface area contributed by atoms with Crippen LogP contribution in [0.3, 0.4) is 0 Å². The van der Waals surface area contributed by atoms with Gasteiger partial charge in [0.05, 0.1) is 23.1 Å². The Bertz CT molecular complexity index is 1530. The quantitative estimate of drug-likeness (QED) is 0.288. The Morgan fingerprint density at radius 1 is 1.11 bits per heavy atom. The van der Waals surface area contributed by atoms with Crippen LogP contribution in [0.1, 0.15) is 40.9 Å². The molecule has 4 aromatic heterocycles. The van der Waals surface area contributed by atoms with Crippen molar-refractivity contribution in [3.05, 3.63) is 67.9 Å². The summed E-state index contributed by atoms with van der Waals surface area (Å²) in [5.41, 5.74) is 0.158. The van der Waals surface area contributed by atoms with Gasteiger partial charge in [-0.3, -0.25) is 19.0 Å². The van der Waals surface area contributed by atoms with Crippen LogP contribution in [0.2, 0.25) is 4.34 Å². The SMILES string of the molecule is CN(C)c1c(-c2cc(N(C)Cc3ccc(Cl)s3)n(C(=O)C(C)(C)C)n2)ccc(=O)n1CC(=O)c1ccon1. The fourth-order valence-electron chi connectivity index (χ4n) is 3.98. The molecule has 12 heteroatoms. The summed E-state index contributed by atoms with van der Waals surface area (Å²) in [4.78, 5) is 43.8. The largest absolute Gasteiger partial charge is 0.364 e. The van der Waals surface area contributed by atoms with Crippen molar-refractivity contribution in [1.82, 2.24) is 19.5 Å². The zero-order valence-electron chi connectivity index (χ0n) is 22.1. The van der Waals surface area contributed by atoms with E-state index >= 15 is 0 Å². The predicted molar refractivity (Wildman–Crippen MR) is 149 cm³/mol. The monoisotopic (exact) mass is 556 g/mol. The average molecular weight is 557 g/mol. The molecule has 200 valence electrons. The number of hydrogen-bond acceptors (Lipinski definition) is 9. The number of halogens is 1. The van der Waals surface area contributed by atoms with E-state index in [9.17, 15) is 14.4 Å². The lowest BCUT2D eigenvalue weighted by Gasteiger charge is -2.22. The third-order valence-electron chi connectivity index (χ3n) is 5.82. The number of rotatable bonds is 8. The number of carbonyl (C=O) groups excluding carboxylic acids is 2. The first-order valence-corrected chi connectivity index (χ1v) is 13.0. The van der Waals surface area contributed by atoms with Crippen LogP contribution >= 0.6 is 22.9 Å². The number of ketones is 1. The molecule has 4 aromatic rings. The first-order chi connectivity index (χ1) is 17.9. The van der Waals surface area contributed by atoms with Crippen molar-refractivity contribution < 1.29 is 14.1 Å². The maximum Gasteiger partial charge on any atom is 0.254 e. The zero-order valence-corrected chi connectivity index (χ0v) is 23.6. The number of anilines is 2. The smallest absolute Gasteiger partial charge is 0.254 e. The summed E-state index contributed by atoms with van der Waals surface area (Å²) in [5, 5.41) is 8.40. The second kappa shape index (κ2) is 10.6. The minimum atomic E-state index is -0.696. The van der Waals surface area contributed by atoms with Gasteiger partial charge in [0.2, 0.25) is 5.78 Å². The Morgan fingerprint density at radius 3 is 2.42 bits per heavy atom. The lowest BCUT2D eigenvalue weighted by molar-refractivity contribution is 0.0751. The van der Waals surface area contributed by atoms with Gasteiger partial charge in [-0.2, -0.15) is 9.78 Å². The molecule has 0 aliphatic carbocycles. The molecule has 0 atom stereocenters. The number of carbonyl (C=O) groups is 2. The third kappa shape index (κ3) is 5.58. The predicted octanol–water partition coefficient (Wildman–Crippen LogP) is 4.69. The molecule has 4 heterocycles. The molecule has 0 aliphatic rings. The van der Waals surface area contributed by atoms with Crippen LogP contribution in [0.25, 0.3) is 11.3 Å². The summed E-state index contributed by atoms with van der Waals surface area (Å²) in [6.45, 7) is 5.79. The number of nitrogens with zero attached hydrogens (tertiary/aromatic N) is 6. The third-order valence-corrected chi connectivity index (χ3v) is 7.03. The summed E-state index contributed by atoms with van der Waals surface area (Å²) in [6.07, 6.45) is 1.31. The van der Waals surface area contributed by atoms with E-state index in [-0.39, 0.29) is 29.5 Å². The molecule has 10 nitrogen and oxygen atoms in total. The minimum Gasteiger partial charge on any atom is -0.364 e. The summed E-state index contributed by atoms with van der Waals surface area (Å²) < 4.78 is 8.24. The topological polar surface area (TPSA) is 106 Å². The van der Waals surface area contributed by atoms with Crippen LogP contribution in [0, 0.1) is 5.41 Å². The van der Waals surface area contributed by atoms with Gasteiger partial charge in [0, 0.05) is 55.2 Å². The van der Waals surface area contributed by atoms with Gasteiger partial charge < -0.3 is 14.3 Å². The van der Waals surface area contributed by atoms with Crippen molar-refractivity contribution in [2.45, 2.75) is 33.9 Å². The number of pyridine rings is 1. The van der Waals surface area contributed by atoms with Gasteiger partial charge in [-0.15, -0.1) is 11.3 Å². The summed E-state index contributed by atoms with van der Waals surface area (Å²) in [5.74, 6) is 0.507. The number of hydrogen-bond donors (Lipinski definition) is 0. The van der Waals surface area contributed by atoms with Crippen LogP contribution in [0.15, 0.2) is 52.0 Å². The van der Waals surface area contributed by atoms with Crippen LogP contribution in [-0.4, -0.2) is 52.3 Å². The maximum atomic E-state index is 13.4. The van der Waals surface area contributed by atoms with E-state index in [0.29, 0.717) is 33.8 Å². The first kappa shape index (κ1) is 27.3. The summed E-state index contributed by atoms with van der Waals surface area (Å²) >= 11 is 7.59. The lowest BCUT2D eigenvalue weighted by Crippen LogP contribution is -2.31. The van der Waals surface area contributed by atoms with Crippen molar-refractivity contribution >= 4 is 46.3 Å². The Balaban J connectivity index is 1.83. The van der Waals surface area contributed by atoms with Gasteiger partial charge in [-0.05, 0) is 18.2 Å². The fraction of sp³-hybridized carbons (Fsp3) is 0.346. The maximum absolute atomic E-state index is 13.4. The molecule has 0 bridgehead atoms. The van der Waals surface area contributed by atoms with Crippen LogP contribution in [0.5, 0.6) is 0 Å². The molecule has 0 saturated carbocycles. The van der Waals surface area contributed by atoms with Crippen molar-refractivity contribution in [1.29, 1.82) is 0 Å². The fourth-order valence-corrected chi connectivity index (χ4v) is 5.12. The van der Waals surface area contributed by atoms with Gasteiger partial charge in [0.1, 0.15) is 17.9 Å². The Morgan fingerprint density at radius 2 is 1.84 bits per heavy atom. The van der Waals surface area contributed by atoms with E-state index in [4.69, 9.17) is 21.2 Å². The zero-order chi connectivity index (χ0) is 27.8. The average Bonchev–Trinajstić information content (AvgIpc) is 3.60. The lowest BCUT2D eigenvalue weighted by atomic mass is 9.96. The highest BCUT2D eigenvalue weighted by Gasteiger charge is 2.29. The molecule has 38 heavy (non-hydrogen) atoms. The number of aromatic nitrogens is 4. The molecule has 0 unspecified atom stereocenters. The van der Waals surface area contributed by atoms with E-state index in [1.165, 1.54) is 39.0 Å². The molecule has 0 spiro atoms. The van der Waals surface area contributed by atoms with Gasteiger partial charge in [0.25, 0.3) is 11.5 Å². The van der Waals surface area contributed by atoms with E-state index in [1.807, 2.05) is 50.9 Å². The van der Waals surface area contributed by atoms with Gasteiger partial charge in [0.15, 0.2) is 5.69 Å². The van der Waals surface area contributed by atoms with Crippen LogP contribution in [-0.2, 0) is 13.1 Å². The first-order valence-electron chi connectivity index (χ1n) is 11.8. The minimum absolute atomic E-state index is 0.129. The normalized spacial score (nSPS) is 11.6. The number of Topliss-reactive ketones (excluding diaryl/α,β-unsaturated/α-hetero) is 1. The Labute approximate surface area is 229 Å². The van der Waals surface area contributed by atoms with E-state index < -0.39 is 5.41 Å². The highest BCUT2D eigenvalue weighted by molar-refractivity contribution is 7.16. The van der Waals surface area contributed by atoms with Crippen molar-refractivity contribution in [2.75, 3.05) is 30.9 Å². The second-order valence-electron chi connectivity index (χ2n) is 10.1. The van der Waals surface area contributed by atoms with Gasteiger partial charge >= 0.3 is 0 Å². The van der Waals surface area contributed by atoms with Crippen molar-refractivity contribution in [2.24, 2.45) is 5.41 Å². The van der Waals surface area contributed by atoms with Gasteiger partial charge in [-0.25, -0.2) is 0 Å². The molecule has 0 aromatic carbocycles. The summed E-state index contributed by atoms with van der Waals surface area (Å²) in [6, 6.07) is 10.1. The molecule has 0 aliphatic heterocycles. The van der Waals surface area contributed by atoms with E-state index in [0.717, 1.165) is 4.88 Å². The molecular formula is C26H29ClN6O4S. The van der Waals surface area contributed by atoms with Crippen LogP contribution in [0.4, 0.5) is 11.6 Å². The van der Waals surface area contributed by atoms with E-state index in [1.54, 1.807) is 25.1 Å². The second-order valence-corrected chi connectivity index (χ2v) is 11.9. The summed E-state index contributed by atoms with van der Waals surface area (Å²) in [7, 11) is 5.44. The van der Waals surface area contributed by atoms with Gasteiger partial charge in [-0.1, -0.05) is 37.5 Å². The van der Waals surface area contributed by atoms with E-state index in [2.05, 4.69) is 5.16 Å². The molecule has 4 rings (SSSR count). The molecule has 0 saturated heterocycles. The highest BCUT2D eigenvalue weighted by Crippen LogP contribution is 2.33. The number of thiophene rings is 1. The highest BCUT2D eigenvalue weighted by atomic mass is 35.5. The molecule has 0 fully saturated rings. The van der Waals surface area contributed by atoms with Crippen molar-refractivity contribution in [3.8, 4) is 11.3 Å².